The molecule has 1 aliphatic heterocycles. The van der Waals surface area contributed by atoms with Crippen molar-refractivity contribution in [3.05, 3.63) is 23.8 Å². The first kappa shape index (κ1) is 11.2. The molecule has 0 saturated carbocycles. The van der Waals surface area contributed by atoms with E-state index >= 15 is 0 Å². The van der Waals surface area contributed by atoms with Crippen LogP contribution in [0.5, 0.6) is 11.5 Å². The highest BCUT2D eigenvalue weighted by molar-refractivity contribution is 5.42. The molecule has 0 bridgehead atoms. The van der Waals surface area contributed by atoms with Gasteiger partial charge in [0.05, 0.1) is 7.11 Å². The van der Waals surface area contributed by atoms with Gasteiger partial charge in [-0.2, -0.15) is 0 Å². The molecule has 1 aliphatic rings. The third-order valence-corrected chi connectivity index (χ3v) is 3.10. The molecule has 1 aromatic rings. The molecule has 1 unspecified atom stereocenters. The molecular weight excluding hydrogens is 204 g/mol. The van der Waals surface area contributed by atoms with Crippen molar-refractivity contribution < 1.29 is 9.84 Å². The summed E-state index contributed by atoms with van der Waals surface area (Å²) in [7, 11) is 3.69. The number of benzene rings is 1. The van der Waals surface area contributed by atoms with Gasteiger partial charge in [0.25, 0.3) is 0 Å². The molecule has 16 heavy (non-hydrogen) atoms. The van der Waals surface area contributed by atoms with Crippen molar-refractivity contribution in [3.8, 4) is 11.5 Å². The number of rotatable bonds is 2. The maximum absolute atomic E-state index is 9.54. The monoisotopic (exact) mass is 222 g/mol. The second-order valence-corrected chi connectivity index (χ2v) is 4.13. The number of aromatic hydroxyl groups is 1. The normalized spacial score (nSPS) is 22.0. The topological polar surface area (TPSA) is 44.7 Å². The second-order valence-electron chi connectivity index (χ2n) is 4.13. The summed E-state index contributed by atoms with van der Waals surface area (Å²) in [5.74, 6) is 0.731. The molecular formula is C12H18N2O2. The Hall–Kier alpha value is -1.26. The Morgan fingerprint density at radius 3 is 3.00 bits per heavy atom. The SMILES string of the molecule is COc1cc(C2CNCCN2C)ccc1O. The number of phenols is 1. The first-order chi connectivity index (χ1) is 7.72. The number of phenolic OH excluding ortho intramolecular Hbond substituents is 1. The van der Waals surface area contributed by atoms with Gasteiger partial charge in [0, 0.05) is 25.7 Å². The van der Waals surface area contributed by atoms with Crippen molar-refractivity contribution in [2.45, 2.75) is 6.04 Å². The van der Waals surface area contributed by atoms with Crippen LogP contribution in [0.1, 0.15) is 11.6 Å². The van der Waals surface area contributed by atoms with Crippen LogP contribution in [0.3, 0.4) is 0 Å². The zero-order chi connectivity index (χ0) is 11.5. The fourth-order valence-corrected chi connectivity index (χ4v) is 2.08. The Morgan fingerprint density at radius 2 is 2.31 bits per heavy atom. The average molecular weight is 222 g/mol. The quantitative estimate of drug-likeness (QED) is 0.783. The van der Waals surface area contributed by atoms with E-state index in [2.05, 4.69) is 17.3 Å². The van der Waals surface area contributed by atoms with Gasteiger partial charge in [-0.3, -0.25) is 4.90 Å². The number of nitrogens with zero attached hydrogens (tertiary/aromatic N) is 1. The van der Waals surface area contributed by atoms with Crippen LogP contribution in [0, 0.1) is 0 Å². The minimum absolute atomic E-state index is 0.192. The van der Waals surface area contributed by atoms with E-state index in [1.807, 2.05) is 12.1 Å². The largest absolute Gasteiger partial charge is 0.504 e. The number of hydrogen-bond donors (Lipinski definition) is 2. The molecule has 4 nitrogen and oxygen atoms in total. The summed E-state index contributed by atoms with van der Waals surface area (Å²) in [6, 6.07) is 5.90. The lowest BCUT2D eigenvalue weighted by atomic mass is 10.0. The van der Waals surface area contributed by atoms with Gasteiger partial charge in [-0.25, -0.2) is 0 Å². The van der Waals surface area contributed by atoms with Crippen LogP contribution in [0.25, 0.3) is 0 Å². The smallest absolute Gasteiger partial charge is 0.160 e. The zero-order valence-electron chi connectivity index (χ0n) is 9.73. The van der Waals surface area contributed by atoms with E-state index in [9.17, 15) is 5.11 Å². The molecule has 88 valence electrons. The van der Waals surface area contributed by atoms with Gasteiger partial charge >= 0.3 is 0 Å². The number of piperazine rings is 1. The molecule has 1 saturated heterocycles. The van der Waals surface area contributed by atoms with E-state index in [1.54, 1.807) is 13.2 Å². The fourth-order valence-electron chi connectivity index (χ4n) is 2.08. The molecule has 1 atom stereocenters. The first-order valence-corrected chi connectivity index (χ1v) is 5.50. The molecule has 0 spiro atoms. The molecule has 0 aromatic heterocycles. The Balaban J connectivity index is 2.25. The summed E-state index contributed by atoms with van der Waals surface area (Å²) in [5.41, 5.74) is 1.17. The Morgan fingerprint density at radius 1 is 1.50 bits per heavy atom. The third kappa shape index (κ3) is 2.13. The summed E-state index contributed by atoms with van der Waals surface area (Å²) in [4.78, 5) is 2.31. The van der Waals surface area contributed by atoms with Crippen molar-refractivity contribution >= 4 is 0 Å². The molecule has 4 heteroatoms. The summed E-state index contributed by atoms with van der Waals surface area (Å²) >= 11 is 0. The summed E-state index contributed by atoms with van der Waals surface area (Å²) in [6.45, 7) is 3.00. The van der Waals surface area contributed by atoms with Crippen LogP contribution >= 0.6 is 0 Å². The van der Waals surface area contributed by atoms with Crippen molar-refractivity contribution in [1.29, 1.82) is 0 Å². The van der Waals surface area contributed by atoms with E-state index < -0.39 is 0 Å². The van der Waals surface area contributed by atoms with Crippen LogP contribution in [-0.2, 0) is 0 Å². The molecule has 1 heterocycles. The Labute approximate surface area is 95.8 Å². The highest BCUT2D eigenvalue weighted by atomic mass is 16.5. The fraction of sp³-hybridized carbons (Fsp3) is 0.500. The summed E-state index contributed by atoms with van der Waals surface area (Å²) in [5, 5.41) is 12.9. The van der Waals surface area contributed by atoms with E-state index in [1.165, 1.54) is 5.56 Å². The zero-order valence-corrected chi connectivity index (χ0v) is 9.73. The standard InChI is InChI=1S/C12H18N2O2/c1-14-6-5-13-8-10(14)9-3-4-11(15)12(7-9)16-2/h3-4,7,10,13,15H,5-6,8H2,1-2H3. The highest BCUT2D eigenvalue weighted by Gasteiger charge is 2.21. The number of hydrogen-bond acceptors (Lipinski definition) is 4. The van der Waals surface area contributed by atoms with Gasteiger partial charge in [0.15, 0.2) is 11.5 Å². The number of likely N-dealkylation sites (N-methyl/N-ethyl adjacent to an activating group) is 1. The van der Waals surface area contributed by atoms with Crippen molar-refractivity contribution in [2.24, 2.45) is 0 Å². The van der Waals surface area contributed by atoms with Gasteiger partial charge in [0.2, 0.25) is 0 Å². The molecule has 0 radical (unpaired) electrons. The maximum atomic E-state index is 9.54. The number of nitrogens with one attached hydrogen (secondary N) is 1. The van der Waals surface area contributed by atoms with E-state index in [0.717, 1.165) is 19.6 Å². The second kappa shape index (κ2) is 4.72. The molecule has 0 aliphatic carbocycles. The van der Waals surface area contributed by atoms with Crippen LogP contribution in [-0.4, -0.2) is 43.8 Å². The minimum Gasteiger partial charge on any atom is -0.504 e. The van der Waals surface area contributed by atoms with Gasteiger partial charge in [-0.1, -0.05) is 6.07 Å². The Kier molecular flexibility index (Phi) is 3.31. The van der Waals surface area contributed by atoms with Gasteiger partial charge in [-0.15, -0.1) is 0 Å². The van der Waals surface area contributed by atoms with Gasteiger partial charge < -0.3 is 15.2 Å². The maximum Gasteiger partial charge on any atom is 0.160 e. The van der Waals surface area contributed by atoms with Gasteiger partial charge in [-0.05, 0) is 24.7 Å². The predicted octanol–water partition coefficient (Wildman–Crippen LogP) is 0.977. The lowest BCUT2D eigenvalue weighted by Gasteiger charge is -2.33. The highest BCUT2D eigenvalue weighted by Crippen LogP contribution is 2.30. The summed E-state index contributed by atoms with van der Waals surface area (Å²) < 4.78 is 5.12. The van der Waals surface area contributed by atoms with E-state index in [-0.39, 0.29) is 5.75 Å². The average Bonchev–Trinajstić information content (AvgIpc) is 2.31. The van der Waals surface area contributed by atoms with E-state index in [4.69, 9.17) is 4.74 Å². The lowest BCUT2D eigenvalue weighted by Crippen LogP contribution is -2.43. The first-order valence-electron chi connectivity index (χ1n) is 5.50. The van der Waals surface area contributed by atoms with Gasteiger partial charge in [0.1, 0.15) is 0 Å². The number of ether oxygens (including phenoxy) is 1. The molecule has 2 N–H and O–H groups in total. The minimum atomic E-state index is 0.192. The van der Waals surface area contributed by atoms with Crippen LogP contribution in [0.4, 0.5) is 0 Å². The van der Waals surface area contributed by atoms with Crippen LogP contribution < -0.4 is 10.1 Å². The van der Waals surface area contributed by atoms with E-state index in [0.29, 0.717) is 11.8 Å². The van der Waals surface area contributed by atoms with Crippen LogP contribution in [0.2, 0.25) is 0 Å². The van der Waals surface area contributed by atoms with Crippen molar-refractivity contribution in [1.82, 2.24) is 10.2 Å². The van der Waals surface area contributed by atoms with Crippen molar-refractivity contribution in [2.75, 3.05) is 33.8 Å². The molecule has 1 aromatic carbocycles. The molecule has 0 amide bonds. The predicted molar refractivity (Wildman–Crippen MR) is 62.9 cm³/mol. The molecule has 1 fully saturated rings. The summed E-state index contributed by atoms with van der Waals surface area (Å²) in [6.07, 6.45) is 0. The Bertz CT molecular complexity index is 368. The third-order valence-electron chi connectivity index (χ3n) is 3.10. The molecule has 2 rings (SSSR count). The lowest BCUT2D eigenvalue weighted by molar-refractivity contribution is 0.202. The van der Waals surface area contributed by atoms with Crippen molar-refractivity contribution in [3.63, 3.8) is 0 Å². The van der Waals surface area contributed by atoms with Crippen LogP contribution in [0.15, 0.2) is 18.2 Å². The number of methoxy groups -OCH3 is 1.